The number of rotatable bonds is 4. The van der Waals surface area contributed by atoms with Crippen LogP contribution in [-0.2, 0) is 11.8 Å². The van der Waals surface area contributed by atoms with Crippen molar-refractivity contribution in [2.45, 2.75) is 25.7 Å². The number of alkyl halides is 1. The van der Waals surface area contributed by atoms with Gasteiger partial charge in [-0.2, -0.15) is 0 Å². The molecule has 0 bridgehead atoms. The molecule has 0 saturated carbocycles. The van der Waals surface area contributed by atoms with E-state index in [2.05, 4.69) is 37.4 Å². The van der Waals surface area contributed by atoms with E-state index < -0.39 is 0 Å². The molecule has 88 valence electrons. The van der Waals surface area contributed by atoms with Gasteiger partial charge in [-0.15, -0.1) is 11.6 Å². The van der Waals surface area contributed by atoms with Gasteiger partial charge in [0.15, 0.2) is 0 Å². The Labute approximate surface area is 102 Å². The van der Waals surface area contributed by atoms with Crippen molar-refractivity contribution in [3.05, 3.63) is 29.3 Å². The van der Waals surface area contributed by atoms with Crippen LogP contribution >= 0.6 is 11.6 Å². The summed E-state index contributed by atoms with van der Waals surface area (Å²) < 4.78 is 5.51. The van der Waals surface area contributed by atoms with Crippen LogP contribution in [0.1, 0.15) is 25.0 Å². The minimum absolute atomic E-state index is 0.104. The highest BCUT2D eigenvalue weighted by atomic mass is 35.5. The average Bonchev–Trinajstić information content (AvgIpc) is 2.73. The van der Waals surface area contributed by atoms with Gasteiger partial charge in [0.2, 0.25) is 0 Å². The van der Waals surface area contributed by atoms with Crippen LogP contribution in [0.5, 0.6) is 5.75 Å². The van der Waals surface area contributed by atoms with Gasteiger partial charge in [0.1, 0.15) is 5.75 Å². The minimum atomic E-state index is 0.104. The van der Waals surface area contributed by atoms with Crippen LogP contribution in [0.15, 0.2) is 18.2 Å². The molecule has 2 nitrogen and oxygen atoms in total. The maximum Gasteiger partial charge on any atom is 0.122 e. The third-order valence-electron chi connectivity index (χ3n) is 3.13. The van der Waals surface area contributed by atoms with Crippen molar-refractivity contribution in [2.24, 2.45) is 0 Å². The van der Waals surface area contributed by atoms with Gasteiger partial charge in [0.05, 0.1) is 12.6 Å². The molecule has 16 heavy (non-hydrogen) atoms. The second-order valence-corrected chi connectivity index (χ2v) is 5.13. The number of nitrogens with one attached hydrogen (secondary N) is 1. The van der Waals surface area contributed by atoms with Crippen LogP contribution in [-0.4, -0.2) is 19.2 Å². The first-order valence-electron chi connectivity index (χ1n) is 5.66. The van der Waals surface area contributed by atoms with Crippen molar-refractivity contribution in [3.8, 4) is 5.75 Å². The summed E-state index contributed by atoms with van der Waals surface area (Å²) in [7, 11) is 0. The lowest BCUT2D eigenvalue weighted by molar-refractivity contribution is 0.356. The highest BCUT2D eigenvalue weighted by Crippen LogP contribution is 2.31. The van der Waals surface area contributed by atoms with E-state index in [1.807, 2.05) is 0 Å². The van der Waals surface area contributed by atoms with E-state index in [9.17, 15) is 0 Å². The summed E-state index contributed by atoms with van der Waals surface area (Å²) in [5.41, 5.74) is 2.78. The molecular weight excluding hydrogens is 222 g/mol. The fraction of sp³-hybridized carbons (Fsp3) is 0.538. The Balaban J connectivity index is 2.20. The van der Waals surface area contributed by atoms with Crippen LogP contribution in [0.3, 0.4) is 0 Å². The Morgan fingerprint density at radius 2 is 2.25 bits per heavy atom. The molecule has 1 aromatic carbocycles. The Morgan fingerprint density at radius 3 is 3.00 bits per heavy atom. The van der Waals surface area contributed by atoms with E-state index in [0.29, 0.717) is 6.00 Å². The molecule has 0 unspecified atom stereocenters. The second kappa shape index (κ2) is 4.64. The van der Waals surface area contributed by atoms with Crippen molar-refractivity contribution in [1.82, 2.24) is 5.32 Å². The lowest BCUT2D eigenvalue weighted by atomic mass is 9.83. The highest BCUT2D eigenvalue weighted by molar-refractivity contribution is 6.17. The molecule has 0 saturated heterocycles. The molecule has 1 heterocycles. The summed E-state index contributed by atoms with van der Waals surface area (Å²) in [5, 5.41) is 3.19. The number of hydrogen-bond donors (Lipinski definition) is 1. The number of hydrogen-bond acceptors (Lipinski definition) is 2. The lowest BCUT2D eigenvalue weighted by Crippen LogP contribution is -2.32. The van der Waals surface area contributed by atoms with E-state index in [0.717, 1.165) is 25.3 Å². The monoisotopic (exact) mass is 239 g/mol. The molecule has 0 spiro atoms. The molecular formula is C13H18ClNO. The second-order valence-electron chi connectivity index (χ2n) is 4.87. The van der Waals surface area contributed by atoms with Gasteiger partial charge in [-0.05, 0) is 17.2 Å². The first-order chi connectivity index (χ1) is 7.63. The van der Waals surface area contributed by atoms with E-state index in [1.165, 1.54) is 11.1 Å². The predicted octanol–water partition coefficient (Wildman–Crippen LogP) is 2.69. The average molecular weight is 240 g/mol. The van der Waals surface area contributed by atoms with Crippen LogP contribution < -0.4 is 10.1 Å². The molecule has 1 aliphatic rings. The molecule has 1 N–H and O–H groups in total. The quantitative estimate of drug-likeness (QED) is 0.645. The summed E-state index contributed by atoms with van der Waals surface area (Å²) in [4.78, 5) is 0. The van der Waals surface area contributed by atoms with Crippen molar-refractivity contribution in [2.75, 3.05) is 19.2 Å². The fourth-order valence-corrected chi connectivity index (χ4v) is 2.16. The van der Waals surface area contributed by atoms with Crippen molar-refractivity contribution >= 4 is 11.6 Å². The van der Waals surface area contributed by atoms with Gasteiger partial charge >= 0.3 is 0 Å². The van der Waals surface area contributed by atoms with E-state index in [1.54, 1.807) is 0 Å². The molecule has 0 radical (unpaired) electrons. The summed E-state index contributed by atoms with van der Waals surface area (Å²) in [6.45, 7) is 6.16. The minimum Gasteiger partial charge on any atom is -0.493 e. The maximum absolute atomic E-state index is 5.66. The lowest BCUT2D eigenvalue weighted by Gasteiger charge is -2.25. The number of fused-ring (bicyclic) bond motifs is 1. The number of benzene rings is 1. The molecule has 3 heteroatoms. The van der Waals surface area contributed by atoms with Gasteiger partial charge in [0, 0.05) is 18.4 Å². The van der Waals surface area contributed by atoms with Gasteiger partial charge in [0.25, 0.3) is 0 Å². The summed E-state index contributed by atoms with van der Waals surface area (Å²) in [6.07, 6.45) is 1.03. The van der Waals surface area contributed by atoms with Crippen LogP contribution in [0, 0.1) is 0 Å². The Hall–Kier alpha value is -0.730. The van der Waals surface area contributed by atoms with Crippen LogP contribution in [0.4, 0.5) is 0 Å². The molecule has 1 aliphatic heterocycles. The summed E-state index contributed by atoms with van der Waals surface area (Å²) >= 11 is 5.66. The van der Waals surface area contributed by atoms with Gasteiger partial charge < -0.3 is 10.1 Å². The van der Waals surface area contributed by atoms with Gasteiger partial charge in [-0.25, -0.2) is 0 Å². The molecule has 0 aliphatic carbocycles. The SMILES string of the molecule is CC(C)(CNCCl)c1ccc2c(c1)CCO2. The standard InChI is InChI=1S/C13H18ClNO/c1-13(2,8-15-9-14)11-3-4-12-10(7-11)5-6-16-12/h3-4,7,15H,5-6,8-9H2,1-2H3. The molecule has 2 rings (SSSR count). The van der Waals surface area contributed by atoms with Crippen LogP contribution in [0.25, 0.3) is 0 Å². The smallest absolute Gasteiger partial charge is 0.122 e. The van der Waals surface area contributed by atoms with Crippen molar-refractivity contribution in [3.63, 3.8) is 0 Å². The first-order valence-corrected chi connectivity index (χ1v) is 6.20. The normalized spacial score (nSPS) is 14.7. The van der Waals surface area contributed by atoms with Crippen LogP contribution in [0.2, 0.25) is 0 Å². The zero-order valence-electron chi connectivity index (χ0n) is 9.85. The largest absolute Gasteiger partial charge is 0.493 e. The van der Waals surface area contributed by atoms with Crippen molar-refractivity contribution in [1.29, 1.82) is 0 Å². The molecule has 0 atom stereocenters. The fourth-order valence-electron chi connectivity index (χ4n) is 2.07. The van der Waals surface area contributed by atoms with E-state index in [4.69, 9.17) is 16.3 Å². The molecule has 0 fully saturated rings. The zero-order valence-corrected chi connectivity index (χ0v) is 10.6. The molecule has 0 aromatic heterocycles. The Morgan fingerprint density at radius 1 is 1.44 bits per heavy atom. The van der Waals surface area contributed by atoms with Gasteiger partial charge in [-0.3, -0.25) is 0 Å². The Bertz CT molecular complexity index is 376. The summed E-state index contributed by atoms with van der Waals surface area (Å²) in [5.74, 6) is 1.05. The van der Waals surface area contributed by atoms with Crippen molar-refractivity contribution < 1.29 is 4.74 Å². The maximum atomic E-state index is 5.66. The van der Waals surface area contributed by atoms with E-state index in [-0.39, 0.29) is 5.41 Å². The third kappa shape index (κ3) is 2.33. The zero-order chi connectivity index (χ0) is 11.6. The summed E-state index contributed by atoms with van der Waals surface area (Å²) in [6, 6.07) is 7.00. The molecule has 1 aromatic rings. The number of halogens is 1. The third-order valence-corrected chi connectivity index (χ3v) is 3.32. The Kier molecular flexibility index (Phi) is 3.41. The molecule has 0 amide bonds. The van der Waals surface area contributed by atoms with Gasteiger partial charge in [-0.1, -0.05) is 26.0 Å². The van der Waals surface area contributed by atoms with E-state index >= 15 is 0 Å². The topological polar surface area (TPSA) is 21.3 Å². The number of ether oxygens (including phenoxy) is 1. The highest BCUT2D eigenvalue weighted by Gasteiger charge is 2.22. The first kappa shape index (κ1) is 11.7. The predicted molar refractivity (Wildman–Crippen MR) is 67.4 cm³/mol.